The fraction of sp³-hybridized carbons (Fsp3) is 0.513. The molecule has 0 bridgehead atoms. The number of aromatic hydroxyl groups is 1. The molecular formula is C39H58N2O6. The summed E-state index contributed by atoms with van der Waals surface area (Å²) in [6.07, 6.45) is 30.7. The van der Waals surface area contributed by atoms with Crippen LogP contribution < -0.4 is 10.6 Å². The van der Waals surface area contributed by atoms with E-state index >= 15 is 0 Å². The van der Waals surface area contributed by atoms with E-state index in [4.69, 9.17) is 4.74 Å². The van der Waals surface area contributed by atoms with Crippen molar-refractivity contribution in [1.29, 1.82) is 0 Å². The lowest BCUT2D eigenvalue weighted by atomic mass is 9.94. The summed E-state index contributed by atoms with van der Waals surface area (Å²) in [6.45, 7) is 10.3. The minimum atomic E-state index is -1.31. The minimum absolute atomic E-state index is 0.106. The van der Waals surface area contributed by atoms with Crippen LogP contribution in [0.2, 0.25) is 0 Å². The molecule has 1 aromatic rings. The lowest BCUT2D eigenvalue weighted by Crippen LogP contribution is -2.54. The molecule has 8 heteroatoms. The first-order valence-corrected chi connectivity index (χ1v) is 17.2. The number of benzene rings is 1. The number of aromatic carboxylic acids is 1. The molecule has 0 aliphatic rings. The number of ether oxygens (including phenoxy) is 1. The predicted molar refractivity (Wildman–Crippen MR) is 193 cm³/mol. The van der Waals surface area contributed by atoms with E-state index in [2.05, 4.69) is 78.3 Å². The summed E-state index contributed by atoms with van der Waals surface area (Å²) in [4.78, 5) is 38.1. The van der Waals surface area contributed by atoms with E-state index in [1.165, 1.54) is 18.2 Å². The summed E-state index contributed by atoms with van der Waals surface area (Å²) in [5, 5.41) is 24.7. The van der Waals surface area contributed by atoms with E-state index in [-0.39, 0.29) is 23.1 Å². The first-order chi connectivity index (χ1) is 22.6. The highest BCUT2D eigenvalue weighted by molar-refractivity contribution is 6.00. The fourth-order valence-electron chi connectivity index (χ4n) is 4.85. The lowest BCUT2D eigenvalue weighted by Gasteiger charge is -2.32. The van der Waals surface area contributed by atoms with Gasteiger partial charge in [-0.15, -0.1) is 0 Å². The van der Waals surface area contributed by atoms with Crippen LogP contribution in [0.3, 0.4) is 0 Å². The predicted octanol–water partition coefficient (Wildman–Crippen LogP) is 9.06. The van der Waals surface area contributed by atoms with Crippen molar-refractivity contribution in [2.75, 3.05) is 11.9 Å². The van der Waals surface area contributed by atoms with Gasteiger partial charge in [0, 0.05) is 12.3 Å². The van der Waals surface area contributed by atoms with Gasteiger partial charge in [0.1, 0.15) is 23.0 Å². The molecule has 0 spiro atoms. The molecule has 1 unspecified atom stereocenters. The van der Waals surface area contributed by atoms with E-state index in [1.807, 2.05) is 27.7 Å². The molecule has 0 aliphatic heterocycles. The Kier molecular flexibility index (Phi) is 21.2. The van der Waals surface area contributed by atoms with E-state index in [0.29, 0.717) is 25.9 Å². The van der Waals surface area contributed by atoms with Crippen LogP contribution in [0.5, 0.6) is 5.75 Å². The summed E-state index contributed by atoms with van der Waals surface area (Å²) in [6, 6.07) is 2.97. The Labute approximate surface area is 282 Å². The highest BCUT2D eigenvalue weighted by Gasteiger charge is 2.38. The quantitative estimate of drug-likeness (QED) is 0.0503. The SMILES string of the molecule is CCC=CCC=CCC=CCC=CCC=CCCCCOC(CC)(CC)C(=O)NC(CC(C)C)C(=O)Nc1ccc(O)c(C(=O)O)c1. The van der Waals surface area contributed by atoms with Crippen molar-refractivity contribution in [3.8, 4) is 5.75 Å². The van der Waals surface area contributed by atoms with Crippen LogP contribution in [0.4, 0.5) is 5.69 Å². The van der Waals surface area contributed by atoms with Crippen molar-refractivity contribution in [3.63, 3.8) is 0 Å². The van der Waals surface area contributed by atoms with Crippen LogP contribution in [-0.4, -0.2) is 46.2 Å². The summed E-state index contributed by atoms with van der Waals surface area (Å²) >= 11 is 0. The van der Waals surface area contributed by atoms with Gasteiger partial charge in [0.25, 0.3) is 5.91 Å². The molecule has 260 valence electrons. The maximum atomic E-state index is 13.5. The van der Waals surface area contributed by atoms with E-state index in [9.17, 15) is 24.6 Å². The Hall–Kier alpha value is -3.91. The number of rotatable bonds is 24. The number of hydrogen-bond acceptors (Lipinski definition) is 5. The van der Waals surface area contributed by atoms with Crippen LogP contribution in [0, 0.1) is 5.92 Å². The number of hydrogen-bond donors (Lipinski definition) is 4. The highest BCUT2D eigenvalue weighted by atomic mass is 16.5. The topological polar surface area (TPSA) is 125 Å². The van der Waals surface area contributed by atoms with Gasteiger partial charge in [0.05, 0.1) is 0 Å². The lowest BCUT2D eigenvalue weighted by molar-refractivity contribution is -0.150. The number of carboxylic acids is 1. The minimum Gasteiger partial charge on any atom is -0.507 e. The Balaban J connectivity index is 2.52. The summed E-state index contributed by atoms with van der Waals surface area (Å²) in [5.41, 5.74) is -1.16. The summed E-state index contributed by atoms with van der Waals surface area (Å²) in [7, 11) is 0. The first kappa shape index (κ1) is 41.1. The zero-order chi connectivity index (χ0) is 34.9. The molecule has 0 aromatic heterocycles. The number of allylic oxidation sites excluding steroid dienone is 10. The van der Waals surface area contributed by atoms with Gasteiger partial charge in [-0.1, -0.05) is 95.4 Å². The third-order valence-corrected chi connectivity index (χ3v) is 7.68. The molecule has 8 nitrogen and oxygen atoms in total. The zero-order valence-electron chi connectivity index (χ0n) is 29.2. The molecule has 0 heterocycles. The Morgan fingerprint density at radius 1 is 0.830 bits per heavy atom. The largest absolute Gasteiger partial charge is 0.507 e. The summed E-state index contributed by atoms with van der Waals surface area (Å²) < 4.78 is 6.19. The van der Waals surface area contributed by atoms with Gasteiger partial charge < -0.3 is 25.6 Å². The molecule has 2 amide bonds. The van der Waals surface area contributed by atoms with Gasteiger partial charge >= 0.3 is 5.97 Å². The first-order valence-electron chi connectivity index (χ1n) is 17.2. The molecule has 1 atom stereocenters. The van der Waals surface area contributed by atoms with E-state index in [1.54, 1.807) is 0 Å². The van der Waals surface area contributed by atoms with Crippen molar-refractivity contribution in [1.82, 2.24) is 5.32 Å². The standard InChI is InChI=1S/C39H58N2O6/c1-6-9-10-11-12-13-14-15-16-17-18-19-20-21-22-23-24-25-28-47-39(7-2,8-3)38(46)41-34(29-31(4)5)36(43)40-32-26-27-35(42)33(30-32)37(44)45/h9-10,12-13,15-16,18-19,21-22,26-27,30-31,34,42H,6-8,11,14,17,20,23-25,28-29H2,1-5H3,(H,40,43)(H,41,46)(H,44,45). The van der Waals surface area contributed by atoms with Gasteiger partial charge in [-0.3, -0.25) is 9.59 Å². The van der Waals surface area contributed by atoms with E-state index in [0.717, 1.165) is 51.4 Å². The Morgan fingerprint density at radius 2 is 1.38 bits per heavy atom. The molecule has 0 aliphatic carbocycles. The smallest absolute Gasteiger partial charge is 0.339 e. The molecule has 0 saturated carbocycles. The average molecular weight is 651 g/mol. The second kappa shape index (κ2) is 24.3. The number of amides is 2. The second-order valence-corrected chi connectivity index (χ2v) is 11.9. The molecule has 4 N–H and O–H groups in total. The van der Waals surface area contributed by atoms with Crippen LogP contribution >= 0.6 is 0 Å². The van der Waals surface area contributed by atoms with Gasteiger partial charge in [-0.2, -0.15) is 0 Å². The van der Waals surface area contributed by atoms with Crippen LogP contribution in [0.25, 0.3) is 0 Å². The molecule has 0 radical (unpaired) electrons. The van der Waals surface area contributed by atoms with Crippen LogP contribution in [-0.2, 0) is 14.3 Å². The van der Waals surface area contributed by atoms with Crippen molar-refractivity contribution in [2.24, 2.45) is 5.92 Å². The van der Waals surface area contributed by atoms with Crippen molar-refractivity contribution < 1.29 is 29.3 Å². The molecule has 0 fully saturated rings. The second-order valence-electron chi connectivity index (χ2n) is 11.9. The molecule has 0 saturated heterocycles. The molecule has 47 heavy (non-hydrogen) atoms. The number of anilines is 1. The fourth-order valence-corrected chi connectivity index (χ4v) is 4.85. The zero-order valence-corrected chi connectivity index (χ0v) is 29.2. The van der Waals surface area contributed by atoms with Gasteiger partial charge in [0.2, 0.25) is 5.91 Å². The monoisotopic (exact) mass is 650 g/mol. The Morgan fingerprint density at radius 3 is 1.89 bits per heavy atom. The van der Waals surface area contributed by atoms with Crippen molar-refractivity contribution >= 4 is 23.5 Å². The van der Waals surface area contributed by atoms with Crippen molar-refractivity contribution in [2.45, 2.75) is 117 Å². The number of carbonyl (C=O) groups is 3. The maximum absolute atomic E-state index is 13.5. The third kappa shape index (κ3) is 17.0. The van der Waals surface area contributed by atoms with Gasteiger partial charge in [-0.05, 0) is 94.7 Å². The average Bonchev–Trinajstić information content (AvgIpc) is 3.04. The maximum Gasteiger partial charge on any atom is 0.339 e. The number of unbranched alkanes of at least 4 members (excludes halogenated alkanes) is 2. The van der Waals surface area contributed by atoms with Gasteiger partial charge in [-0.25, -0.2) is 4.79 Å². The van der Waals surface area contributed by atoms with Crippen LogP contribution in [0.1, 0.15) is 116 Å². The van der Waals surface area contributed by atoms with Crippen LogP contribution in [0.15, 0.2) is 79.0 Å². The number of carboxylic acid groups (broad SMARTS) is 1. The molecular weight excluding hydrogens is 592 g/mol. The summed E-state index contributed by atoms with van der Waals surface area (Å²) in [5.74, 6) is -2.40. The van der Waals surface area contributed by atoms with Gasteiger partial charge in [0.15, 0.2) is 0 Å². The third-order valence-electron chi connectivity index (χ3n) is 7.68. The van der Waals surface area contributed by atoms with E-state index < -0.39 is 29.3 Å². The Bertz CT molecular complexity index is 1220. The number of carbonyl (C=O) groups excluding carboxylic acids is 2. The molecule has 1 rings (SSSR count). The highest BCUT2D eigenvalue weighted by Crippen LogP contribution is 2.24. The number of phenols is 1. The van der Waals surface area contributed by atoms with Crippen molar-refractivity contribution in [3.05, 3.63) is 84.5 Å². The normalized spacial score (nSPS) is 13.1. The number of nitrogens with one attached hydrogen (secondary N) is 2. The molecule has 1 aromatic carbocycles.